The summed E-state index contributed by atoms with van der Waals surface area (Å²) >= 11 is 0. The molecule has 7 heteroatoms. The largest absolute Gasteiger partial charge is 0.479 e. The second-order valence-electron chi connectivity index (χ2n) is 5.16. The molecule has 0 spiro atoms. The summed E-state index contributed by atoms with van der Waals surface area (Å²) in [5.41, 5.74) is -0.0755. The lowest BCUT2D eigenvalue weighted by molar-refractivity contribution is -0.146. The monoisotopic (exact) mass is 276 g/mol. The highest BCUT2D eigenvalue weighted by molar-refractivity contribution is 5.74. The molecule has 112 valence electrons. The molecule has 0 unspecified atom stereocenters. The topological polar surface area (TPSA) is 108 Å². The van der Waals surface area contributed by atoms with Crippen molar-refractivity contribution >= 4 is 12.0 Å². The lowest BCUT2D eigenvalue weighted by atomic mass is 9.90. The van der Waals surface area contributed by atoms with E-state index in [0.717, 1.165) is 6.42 Å². The number of carboxylic acid groups (broad SMARTS) is 1. The number of aliphatic hydroxyl groups excluding tert-OH is 1. The van der Waals surface area contributed by atoms with Crippen molar-refractivity contribution in [3.8, 4) is 0 Å². The lowest BCUT2D eigenvalue weighted by Gasteiger charge is -2.24. The molecule has 4 N–H and O–H groups in total. The molecule has 0 bridgehead atoms. The van der Waals surface area contributed by atoms with E-state index in [1.807, 2.05) is 13.8 Å². The maximum absolute atomic E-state index is 11.4. The smallest absolute Gasteiger partial charge is 0.332 e. The minimum atomic E-state index is -1.45. The predicted molar refractivity (Wildman–Crippen MR) is 69.9 cm³/mol. The molecular weight excluding hydrogens is 252 g/mol. The summed E-state index contributed by atoms with van der Waals surface area (Å²) in [6, 6.07) is -0.372. The van der Waals surface area contributed by atoms with E-state index in [1.54, 1.807) is 7.11 Å². The summed E-state index contributed by atoms with van der Waals surface area (Å²) in [4.78, 5) is 21.8. The number of carbonyl (C=O) groups is 2. The number of aliphatic carboxylic acids is 1. The maximum atomic E-state index is 11.4. The Morgan fingerprint density at radius 3 is 2.47 bits per heavy atom. The number of carboxylic acids is 1. The molecule has 0 saturated carbocycles. The van der Waals surface area contributed by atoms with Gasteiger partial charge in [0.05, 0.1) is 0 Å². The van der Waals surface area contributed by atoms with Crippen LogP contribution in [0.4, 0.5) is 4.79 Å². The first-order valence-electron chi connectivity index (χ1n) is 6.20. The summed E-state index contributed by atoms with van der Waals surface area (Å²) in [5, 5.41) is 22.7. The molecule has 0 rings (SSSR count). The van der Waals surface area contributed by atoms with Crippen molar-refractivity contribution < 1.29 is 24.5 Å². The van der Waals surface area contributed by atoms with E-state index in [9.17, 15) is 9.59 Å². The Labute approximate surface area is 113 Å². The van der Waals surface area contributed by atoms with Crippen molar-refractivity contribution in [3.05, 3.63) is 0 Å². The van der Waals surface area contributed by atoms with Gasteiger partial charge < -0.3 is 25.6 Å². The number of nitrogens with one attached hydrogen (secondary N) is 2. The van der Waals surface area contributed by atoms with Crippen LogP contribution in [-0.2, 0) is 9.53 Å². The molecule has 0 aliphatic heterocycles. The van der Waals surface area contributed by atoms with E-state index >= 15 is 0 Å². The molecule has 0 heterocycles. The normalized spacial score (nSPS) is 12.8. The van der Waals surface area contributed by atoms with Crippen LogP contribution in [0.1, 0.15) is 26.7 Å². The van der Waals surface area contributed by atoms with E-state index in [0.29, 0.717) is 13.2 Å². The third-order valence-electron chi connectivity index (χ3n) is 2.70. The van der Waals surface area contributed by atoms with Gasteiger partial charge >= 0.3 is 12.0 Å². The number of hydrogen-bond acceptors (Lipinski definition) is 4. The van der Waals surface area contributed by atoms with Gasteiger partial charge in [-0.05, 0) is 11.8 Å². The van der Waals surface area contributed by atoms with Crippen LogP contribution < -0.4 is 10.6 Å². The zero-order valence-electron chi connectivity index (χ0n) is 11.7. The number of ether oxygens (including phenoxy) is 1. The summed E-state index contributed by atoms with van der Waals surface area (Å²) in [7, 11) is 1.63. The second kappa shape index (κ2) is 8.71. The fourth-order valence-electron chi connectivity index (χ4n) is 1.29. The molecule has 0 aliphatic carbocycles. The third-order valence-corrected chi connectivity index (χ3v) is 2.70. The Balaban J connectivity index is 3.78. The molecule has 0 aliphatic rings. The molecular formula is C12H24N2O5. The predicted octanol–water partition coefficient (Wildman–Crippen LogP) is 0.184. The van der Waals surface area contributed by atoms with Crippen LogP contribution >= 0.6 is 0 Å². The highest BCUT2D eigenvalue weighted by atomic mass is 16.5. The fourth-order valence-corrected chi connectivity index (χ4v) is 1.29. The van der Waals surface area contributed by atoms with E-state index in [4.69, 9.17) is 14.9 Å². The van der Waals surface area contributed by atoms with Crippen molar-refractivity contribution in [2.75, 3.05) is 26.8 Å². The molecule has 0 saturated heterocycles. The Morgan fingerprint density at radius 2 is 1.95 bits per heavy atom. The van der Waals surface area contributed by atoms with Gasteiger partial charge in [-0.1, -0.05) is 13.8 Å². The zero-order chi connectivity index (χ0) is 14.9. The van der Waals surface area contributed by atoms with Crippen LogP contribution in [0.15, 0.2) is 0 Å². The van der Waals surface area contributed by atoms with E-state index < -0.39 is 12.1 Å². The van der Waals surface area contributed by atoms with Gasteiger partial charge in [0.25, 0.3) is 0 Å². The second-order valence-corrected chi connectivity index (χ2v) is 5.16. The minimum Gasteiger partial charge on any atom is -0.479 e. The van der Waals surface area contributed by atoms with Gasteiger partial charge in [-0.25, -0.2) is 9.59 Å². The summed E-state index contributed by atoms with van der Waals surface area (Å²) in [6.45, 7) is 5.25. The number of hydrogen-bond donors (Lipinski definition) is 4. The van der Waals surface area contributed by atoms with E-state index in [2.05, 4.69) is 10.6 Å². The zero-order valence-corrected chi connectivity index (χ0v) is 11.7. The molecule has 7 nitrogen and oxygen atoms in total. The fraction of sp³-hybridized carbons (Fsp3) is 0.833. The molecule has 0 aromatic heterocycles. The summed E-state index contributed by atoms with van der Waals surface area (Å²) < 4.78 is 4.99. The van der Waals surface area contributed by atoms with Gasteiger partial charge in [0, 0.05) is 33.2 Å². The Hall–Kier alpha value is -1.34. The summed E-state index contributed by atoms with van der Waals surface area (Å²) in [6.07, 6.45) is -0.643. The number of aliphatic hydroxyl groups is 1. The quantitative estimate of drug-likeness (QED) is 0.480. The minimum absolute atomic E-state index is 0.0180. The van der Waals surface area contributed by atoms with Crippen molar-refractivity contribution in [2.24, 2.45) is 5.41 Å². The average Bonchev–Trinajstić information content (AvgIpc) is 2.34. The Morgan fingerprint density at radius 1 is 1.32 bits per heavy atom. The van der Waals surface area contributed by atoms with Crippen molar-refractivity contribution in [1.82, 2.24) is 10.6 Å². The van der Waals surface area contributed by atoms with E-state index in [1.165, 1.54) is 0 Å². The van der Waals surface area contributed by atoms with Crippen molar-refractivity contribution in [3.63, 3.8) is 0 Å². The van der Waals surface area contributed by atoms with Gasteiger partial charge in [-0.2, -0.15) is 0 Å². The number of amides is 2. The average molecular weight is 276 g/mol. The van der Waals surface area contributed by atoms with Crippen molar-refractivity contribution in [1.29, 1.82) is 0 Å². The van der Waals surface area contributed by atoms with Crippen LogP contribution in [0.25, 0.3) is 0 Å². The van der Waals surface area contributed by atoms with Crippen LogP contribution in [-0.4, -0.2) is 55.1 Å². The van der Waals surface area contributed by atoms with Crippen LogP contribution in [0.3, 0.4) is 0 Å². The SMILES string of the molecule is COCCC(C)(C)CNC(=O)NCC[C@H](O)C(=O)O. The highest BCUT2D eigenvalue weighted by Gasteiger charge is 2.18. The molecule has 0 aromatic rings. The number of rotatable bonds is 9. The Kier molecular flexibility index (Phi) is 8.09. The molecule has 0 radical (unpaired) electrons. The first-order valence-corrected chi connectivity index (χ1v) is 6.20. The Bertz CT molecular complexity index is 294. The maximum Gasteiger partial charge on any atom is 0.332 e. The van der Waals surface area contributed by atoms with Gasteiger partial charge in [0.1, 0.15) is 0 Å². The molecule has 0 fully saturated rings. The highest BCUT2D eigenvalue weighted by Crippen LogP contribution is 2.18. The van der Waals surface area contributed by atoms with Crippen LogP contribution in [0.5, 0.6) is 0 Å². The number of methoxy groups -OCH3 is 1. The van der Waals surface area contributed by atoms with E-state index in [-0.39, 0.29) is 24.4 Å². The van der Waals surface area contributed by atoms with Crippen LogP contribution in [0.2, 0.25) is 0 Å². The van der Waals surface area contributed by atoms with Crippen LogP contribution in [0, 0.1) is 5.41 Å². The molecule has 1 atom stereocenters. The number of urea groups is 1. The first kappa shape index (κ1) is 17.7. The number of carbonyl (C=O) groups excluding carboxylic acids is 1. The molecule has 19 heavy (non-hydrogen) atoms. The van der Waals surface area contributed by atoms with Gasteiger partial charge in [0.2, 0.25) is 0 Å². The molecule has 0 aromatic carbocycles. The third kappa shape index (κ3) is 9.26. The first-order chi connectivity index (χ1) is 8.78. The van der Waals surface area contributed by atoms with Gasteiger partial charge in [0.15, 0.2) is 6.10 Å². The van der Waals surface area contributed by atoms with Crippen molar-refractivity contribution in [2.45, 2.75) is 32.8 Å². The standard InChI is InChI=1S/C12H24N2O5/c1-12(2,5-7-19-3)8-14-11(18)13-6-4-9(15)10(16)17/h9,15H,4-8H2,1-3H3,(H,16,17)(H2,13,14,18)/t9-/m0/s1. The summed E-state index contributed by atoms with van der Waals surface area (Å²) in [5.74, 6) is -1.29. The molecule has 2 amide bonds. The lowest BCUT2D eigenvalue weighted by Crippen LogP contribution is -2.42. The van der Waals surface area contributed by atoms with Gasteiger partial charge in [-0.3, -0.25) is 0 Å². The van der Waals surface area contributed by atoms with Gasteiger partial charge in [-0.15, -0.1) is 0 Å².